The van der Waals surface area contributed by atoms with Gasteiger partial charge in [-0.05, 0) is 50.2 Å². The van der Waals surface area contributed by atoms with Gasteiger partial charge in [-0.15, -0.1) is 0 Å². The van der Waals surface area contributed by atoms with Crippen LogP contribution in [0.4, 0.5) is 4.39 Å². The fourth-order valence-electron chi connectivity index (χ4n) is 3.57. The summed E-state index contributed by atoms with van der Waals surface area (Å²) in [6, 6.07) is 8.71. The topological polar surface area (TPSA) is 106 Å². The Bertz CT molecular complexity index is 1240. The molecule has 2 N–H and O–H groups in total. The molecule has 7 nitrogen and oxygen atoms in total. The number of aliphatic hydroxyl groups excluding tert-OH is 1. The zero-order chi connectivity index (χ0) is 22.1. The zero-order valence-electron chi connectivity index (χ0n) is 16.9. The number of aromatic carboxylic acids is 1. The van der Waals surface area contributed by atoms with Crippen LogP contribution in [0.5, 0.6) is 5.75 Å². The third kappa shape index (κ3) is 3.77. The van der Waals surface area contributed by atoms with E-state index in [0.29, 0.717) is 45.7 Å². The predicted molar refractivity (Wildman–Crippen MR) is 111 cm³/mol. The lowest BCUT2D eigenvalue weighted by Gasteiger charge is -2.11. The monoisotopic (exact) mass is 425 g/mol. The number of rotatable bonds is 7. The van der Waals surface area contributed by atoms with Crippen molar-refractivity contribution in [1.29, 1.82) is 0 Å². The number of nitrogens with zero attached hydrogens (tertiary/aromatic N) is 1. The maximum atomic E-state index is 13.4. The summed E-state index contributed by atoms with van der Waals surface area (Å²) >= 11 is 0. The van der Waals surface area contributed by atoms with Gasteiger partial charge in [0.15, 0.2) is 0 Å². The molecule has 0 amide bonds. The van der Waals surface area contributed by atoms with Crippen molar-refractivity contribution in [3.63, 3.8) is 0 Å². The number of hydrogen-bond donors (Lipinski definition) is 2. The first-order valence-electron chi connectivity index (χ1n) is 9.67. The summed E-state index contributed by atoms with van der Waals surface area (Å²) in [5.74, 6) is -0.488. The van der Waals surface area contributed by atoms with Crippen molar-refractivity contribution >= 4 is 16.9 Å². The van der Waals surface area contributed by atoms with Crippen molar-refractivity contribution in [3.8, 4) is 28.2 Å². The molecule has 0 saturated heterocycles. The van der Waals surface area contributed by atoms with Gasteiger partial charge in [-0.3, -0.25) is 0 Å². The van der Waals surface area contributed by atoms with Crippen LogP contribution in [-0.4, -0.2) is 34.6 Å². The summed E-state index contributed by atoms with van der Waals surface area (Å²) in [5, 5.41) is 23.3. The molecule has 0 fully saturated rings. The van der Waals surface area contributed by atoms with Gasteiger partial charge in [-0.25, -0.2) is 9.18 Å². The van der Waals surface area contributed by atoms with E-state index in [9.17, 15) is 14.3 Å². The van der Waals surface area contributed by atoms with Gasteiger partial charge in [0.25, 0.3) is 0 Å². The van der Waals surface area contributed by atoms with Gasteiger partial charge in [0.05, 0.1) is 17.9 Å². The summed E-state index contributed by atoms with van der Waals surface area (Å²) in [6.45, 7) is 3.77. The molecule has 31 heavy (non-hydrogen) atoms. The molecule has 4 aromatic rings. The van der Waals surface area contributed by atoms with Gasteiger partial charge in [0.1, 0.15) is 34.2 Å². The number of hydrogen-bond acceptors (Lipinski definition) is 6. The number of carboxylic acids is 1. The number of halogens is 1. The molecule has 160 valence electrons. The van der Waals surface area contributed by atoms with Crippen LogP contribution in [0.1, 0.15) is 28.2 Å². The highest BCUT2D eigenvalue weighted by atomic mass is 19.1. The number of furan rings is 1. The summed E-state index contributed by atoms with van der Waals surface area (Å²) in [4.78, 5) is 12.1. The van der Waals surface area contributed by atoms with Crippen LogP contribution < -0.4 is 4.74 Å². The second-order valence-electron chi connectivity index (χ2n) is 7.09. The molecule has 2 heterocycles. The fraction of sp³-hybridized carbons (Fsp3) is 0.217. The Morgan fingerprint density at radius 2 is 1.94 bits per heavy atom. The molecule has 2 aromatic heterocycles. The highest BCUT2D eigenvalue weighted by molar-refractivity contribution is 6.09. The highest BCUT2D eigenvalue weighted by Gasteiger charge is 2.25. The first-order chi connectivity index (χ1) is 14.9. The summed E-state index contributed by atoms with van der Waals surface area (Å²) in [6.07, 6.45) is 0.414. The van der Waals surface area contributed by atoms with Gasteiger partial charge in [0, 0.05) is 29.5 Å². The molecule has 0 radical (unpaired) electrons. The largest absolute Gasteiger partial charge is 0.493 e. The lowest BCUT2D eigenvalue weighted by atomic mass is 9.99. The average molecular weight is 425 g/mol. The van der Waals surface area contributed by atoms with Crippen LogP contribution >= 0.6 is 0 Å². The Labute approximate surface area is 176 Å². The molecular formula is C23H20FNO6. The molecule has 4 rings (SSSR count). The van der Waals surface area contributed by atoms with Gasteiger partial charge in [0.2, 0.25) is 0 Å². The van der Waals surface area contributed by atoms with Crippen molar-refractivity contribution in [1.82, 2.24) is 5.16 Å². The quantitative estimate of drug-likeness (QED) is 0.403. The van der Waals surface area contributed by atoms with Crippen molar-refractivity contribution in [2.45, 2.75) is 20.3 Å². The van der Waals surface area contributed by atoms with E-state index in [0.717, 1.165) is 5.56 Å². The fourth-order valence-corrected chi connectivity index (χ4v) is 3.57. The van der Waals surface area contributed by atoms with E-state index >= 15 is 0 Å². The van der Waals surface area contributed by atoms with Gasteiger partial charge in [-0.1, -0.05) is 5.16 Å². The molecule has 0 spiro atoms. The smallest absolute Gasteiger partial charge is 0.340 e. The van der Waals surface area contributed by atoms with Crippen molar-refractivity contribution in [3.05, 3.63) is 59.2 Å². The Morgan fingerprint density at radius 1 is 1.19 bits per heavy atom. The second kappa shape index (κ2) is 8.23. The van der Waals surface area contributed by atoms with Crippen LogP contribution in [0.25, 0.3) is 33.4 Å². The molecular weight excluding hydrogens is 405 g/mol. The Hall–Kier alpha value is -3.65. The third-order valence-electron chi connectivity index (χ3n) is 4.97. The lowest BCUT2D eigenvalue weighted by Crippen LogP contribution is -2.02. The Balaban J connectivity index is 1.97. The summed E-state index contributed by atoms with van der Waals surface area (Å²) < 4.78 is 30.4. The Kier molecular flexibility index (Phi) is 5.48. The average Bonchev–Trinajstić information content (AvgIpc) is 3.27. The minimum absolute atomic E-state index is 0.0380. The number of aryl methyl sites for hydroxylation is 2. The minimum Gasteiger partial charge on any atom is -0.493 e. The minimum atomic E-state index is -1.18. The maximum Gasteiger partial charge on any atom is 0.340 e. The molecule has 0 saturated carbocycles. The van der Waals surface area contributed by atoms with Crippen LogP contribution in [0.15, 0.2) is 45.3 Å². The first-order valence-corrected chi connectivity index (χ1v) is 9.67. The Morgan fingerprint density at radius 3 is 2.55 bits per heavy atom. The number of fused-ring (bicyclic) bond motifs is 1. The van der Waals surface area contributed by atoms with E-state index in [2.05, 4.69) is 5.16 Å². The van der Waals surface area contributed by atoms with Crippen LogP contribution in [0.3, 0.4) is 0 Å². The van der Waals surface area contributed by atoms with Gasteiger partial charge in [-0.2, -0.15) is 0 Å². The van der Waals surface area contributed by atoms with Gasteiger partial charge >= 0.3 is 5.97 Å². The number of aliphatic hydroxyl groups is 1. The first kappa shape index (κ1) is 20.6. The molecule has 0 bridgehead atoms. The number of carboxylic acid groups (broad SMARTS) is 1. The molecule has 2 aromatic carbocycles. The van der Waals surface area contributed by atoms with E-state index in [1.807, 2.05) is 0 Å². The number of carbonyl (C=O) groups is 1. The lowest BCUT2D eigenvalue weighted by molar-refractivity contribution is 0.0699. The van der Waals surface area contributed by atoms with E-state index in [4.69, 9.17) is 18.8 Å². The maximum absolute atomic E-state index is 13.4. The molecule has 0 aliphatic carbocycles. The van der Waals surface area contributed by atoms with E-state index in [1.165, 1.54) is 24.3 Å². The number of aromatic nitrogens is 1. The van der Waals surface area contributed by atoms with Crippen molar-refractivity contribution < 1.29 is 33.1 Å². The predicted octanol–water partition coefficient (Wildman–Crippen LogP) is 4.97. The van der Waals surface area contributed by atoms with E-state index < -0.39 is 11.8 Å². The van der Waals surface area contributed by atoms with Crippen molar-refractivity contribution in [2.75, 3.05) is 13.2 Å². The molecule has 0 aliphatic heterocycles. The standard InChI is InChI=1S/C23H20FNO6/c1-12-20(13(2)31-25-12)16-11-19-17(10-18(16)29-9-3-8-26)21(23(27)28)22(30-19)14-4-6-15(24)7-5-14/h4-7,10-11,26H,3,8-9H2,1-2H3,(H,27,28). The molecule has 0 aliphatic rings. The third-order valence-corrected chi connectivity index (χ3v) is 4.97. The van der Waals surface area contributed by atoms with Crippen LogP contribution in [0, 0.1) is 19.7 Å². The summed E-state index contributed by atoms with van der Waals surface area (Å²) in [5.41, 5.74) is 2.74. The summed E-state index contributed by atoms with van der Waals surface area (Å²) in [7, 11) is 0. The zero-order valence-corrected chi connectivity index (χ0v) is 16.9. The van der Waals surface area contributed by atoms with Gasteiger partial charge < -0.3 is 23.9 Å². The second-order valence-corrected chi connectivity index (χ2v) is 7.09. The molecule has 0 unspecified atom stereocenters. The SMILES string of the molecule is Cc1noc(C)c1-c1cc2oc(-c3ccc(F)cc3)c(C(=O)O)c2cc1OCCCO. The van der Waals surface area contributed by atoms with E-state index in [1.54, 1.807) is 26.0 Å². The van der Waals surface area contributed by atoms with Crippen molar-refractivity contribution in [2.24, 2.45) is 0 Å². The highest BCUT2D eigenvalue weighted by Crippen LogP contribution is 2.42. The van der Waals surface area contributed by atoms with Crippen LogP contribution in [0.2, 0.25) is 0 Å². The molecule has 8 heteroatoms. The number of ether oxygens (including phenoxy) is 1. The van der Waals surface area contributed by atoms with E-state index in [-0.39, 0.29) is 24.5 Å². The van der Waals surface area contributed by atoms with Crippen LogP contribution in [-0.2, 0) is 0 Å². The normalized spacial score (nSPS) is 11.2. The molecule has 0 atom stereocenters. The number of benzene rings is 2.